The van der Waals surface area contributed by atoms with Gasteiger partial charge < -0.3 is 14.8 Å². The van der Waals surface area contributed by atoms with E-state index < -0.39 is 0 Å². The average Bonchev–Trinajstić information content (AvgIpc) is 2.87. The second kappa shape index (κ2) is 9.47. The summed E-state index contributed by atoms with van der Waals surface area (Å²) in [7, 11) is 0. The van der Waals surface area contributed by atoms with Crippen LogP contribution in [0, 0.1) is 5.92 Å². The van der Waals surface area contributed by atoms with Gasteiger partial charge in [-0.1, -0.05) is 30.3 Å². The van der Waals surface area contributed by atoms with Gasteiger partial charge in [0, 0.05) is 36.6 Å². The molecule has 1 unspecified atom stereocenters. The molecule has 0 bridgehead atoms. The van der Waals surface area contributed by atoms with Gasteiger partial charge in [0.1, 0.15) is 28.8 Å². The highest BCUT2D eigenvalue weighted by molar-refractivity contribution is 5.98. The topological polar surface area (TPSA) is 94.6 Å². The molecule has 1 atom stereocenters. The van der Waals surface area contributed by atoms with Crippen molar-refractivity contribution < 1.29 is 23.9 Å². The lowest BCUT2D eigenvalue weighted by Crippen LogP contribution is -2.28. The monoisotopic (exact) mass is 456 g/mol. The Morgan fingerprint density at radius 1 is 1.06 bits per heavy atom. The van der Waals surface area contributed by atoms with Crippen molar-refractivity contribution in [3.05, 3.63) is 77.5 Å². The predicted molar refractivity (Wildman–Crippen MR) is 125 cm³/mol. The van der Waals surface area contributed by atoms with Gasteiger partial charge in [0.25, 0.3) is 0 Å². The molecule has 0 aliphatic carbocycles. The van der Waals surface area contributed by atoms with Crippen LogP contribution in [0.1, 0.15) is 40.7 Å². The van der Waals surface area contributed by atoms with E-state index in [9.17, 15) is 14.4 Å². The number of nitrogens with one attached hydrogen (secondary N) is 1. The van der Waals surface area contributed by atoms with Crippen LogP contribution in [-0.2, 0) is 22.4 Å². The molecule has 2 aliphatic rings. The number of hydrogen-bond acceptors (Lipinski definition) is 6. The molecule has 2 aromatic carbocycles. The van der Waals surface area contributed by atoms with Gasteiger partial charge >= 0.3 is 0 Å². The van der Waals surface area contributed by atoms with E-state index in [0.29, 0.717) is 48.7 Å². The first-order valence-corrected chi connectivity index (χ1v) is 11.4. The van der Waals surface area contributed by atoms with Crippen LogP contribution < -0.4 is 14.8 Å². The van der Waals surface area contributed by atoms with Crippen molar-refractivity contribution in [2.45, 2.75) is 32.1 Å². The van der Waals surface area contributed by atoms with Crippen LogP contribution in [0.4, 0.5) is 5.82 Å². The Kier molecular flexibility index (Phi) is 6.08. The fourth-order valence-corrected chi connectivity index (χ4v) is 4.33. The number of ether oxygens (including phenoxy) is 2. The van der Waals surface area contributed by atoms with E-state index in [0.717, 1.165) is 16.9 Å². The summed E-state index contributed by atoms with van der Waals surface area (Å²) in [6, 6.07) is 16.4. The zero-order valence-electron chi connectivity index (χ0n) is 18.6. The minimum atomic E-state index is -0.296. The lowest BCUT2D eigenvalue weighted by atomic mass is 9.90. The highest BCUT2D eigenvalue weighted by atomic mass is 16.5. The first kappa shape index (κ1) is 21.8. The van der Waals surface area contributed by atoms with Crippen LogP contribution in [0.25, 0.3) is 0 Å². The van der Waals surface area contributed by atoms with Crippen molar-refractivity contribution in [1.29, 1.82) is 0 Å². The Bertz CT molecular complexity index is 1260. The Hall–Kier alpha value is -4.00. The molecular formula is C27H24N2O5. The maximum absolute atomic E-state index is 12.8. The van der Waals surface area contributed by atoms with E-state index in [-0.39, 0.29) is 36.2 Å². The Balaban J connectivity index is 1.25. The molecule has 0 saturated carbocycles. The van der Waals surface area contributed by atoms with Gasteiger partial charge in [-0.3, -0.25) is 14.4 Å². The van der Waals surface area contributed by atoms with E-state index in [1.807, 2.05) is 36.4 Å². The molecule has 3 heterocycles. The normalized spacial score (nSPS) is 16.5. The van der Waals surface area contributed by atoms with Crippen molar-refractivity contribution in [3.8, 4) is 17.2 Å². The molecule has 2 aliphatic heterocycles. The summed E-state index contributed by atoms with van der Waals surface area (Å²) < 4.78 is 12.0. The van der Waals surface area contributed by atoms with Gasteiger partial charge in [-0.25, -0.2) is 4.98 Å². The van der Waals surface area contributed by atoms with Gasteiger partial charge in [-0.2, -0.15) is 0 Å². The molecule has 1 N–H and O–H groups in total. The number of anilines is 1. The fraction of sp³-hybridized carbons (Fsp3) is 0.259. The molecule has 7 nitrogen and oxygen atoms in total. The van der Waals surface area contributed by atoms with Crippen molar-refractivity contribution in [1.82, 2.24) is 4.98 Å². The molecule has 0 spiro atoms. The number of ketones is 2. The number of fused-ring (bicyclic) bond motifs is 2. The highest BCUT2D eigenvalue weighted by Gasteiger charge is 2.27. The standard InChI is InChI=1S/C27H24N2O5/c30-22(17-4-2-1-3-5-17)8-9-23(31)19-14-18-15-20(6-10-24(18)33-16-19)34-25-12-13-28-27-21(25)7-11-26(32)29-27/h1-6,10,12-13,15,19H,7-9,11,14,16H2,(H,28,29,32). The molecule has 7 heteroatoms. The zero-order chi connectivity index (χ0) is 23.5. The van der Waals surface area contributed by atoms with Crippen LogP contribution >= 0.6 is 0 Å². The second-order valence-electron chi connectivity index (χ2n) is 8.52. The van der Waals surface area contributed by atoms with Crippen molar-refractivity contribution in [2.24, 2.45) is 5.92 Å². The molecule has 1 amide bonds. The summed E-state index contributed by atoms with van der Waals surface area (Å²) in [5.74, 6) is 2.19. The number of amides is 1. The summed E-state index contributed by atoms with van der Waals surface area (Å²) in [4.78, 5) is 41.0. The van der Waals surface area contributed by atoms with Crippen LogP contribution in [0.3, 0.4) is 0 Å². The number of aromatic nitrogens is 1. The quantitative estimate of drug-likeness (QED) is 0.525. The van der Waals surface area contributed by atoms with Gasteiger partial charge in [-0.15, -0.1) is 0 Å². The maximum atomic E-state index is 12.8. The second-order valence-corrected chi connectivity index (χ2v) is 8.52. The van der Waals surface area contributed by atoms with Gasteiger partial charge in [0.15, 0.2) is 5.78 Å². The Morgan fingerprint density at radius 3 is 2.76 bits per heavy atom. The molecule has 0 radical (unpaired) electrons. The highest BCUT2D eigenvalue weighted by Crippen LogP contribution is 2.36. The summed E-state index contributed by atoms with van der Waals surface area (Å²) in [5.41, 5.74) is 2.39. The maximum Gasteiger partial charge on any atom is 0.225 e. The molecule has 0 saturated heterocycles. The third-order valence-corrected chi connectivity index (χ3v) is 6.19. The molecule has 3 aromatic rings. The number of Topliss-reactive ketones (excluding diaryl/α,β-unsaturated/α-hetero) is 2. The van der Waals surface area contributed by atoms with E-state index in [4.69, 9.17) is 9.47 Å². The summed E-state index contributed by atoms with van der Waals surface area (Å²) >= 11 is 0. The van der Waals surface area contributed by atoms with Crippen molar-refractivity contribution in [3.63, 3.8) is 0 Å². The molecule has 5 rings (SSSR count). The van der Waals surface area contributed by atoms with Crippen molar-refractivity contribution in [2.75, 3.05) is 11.9 Å². The van der Waals surface area contributed by atoms with E-state index in [1.165, 1.54) is 0 Å². The number of pyridine rings is 1. The Morgan fingerprint density at radius 2 is 1.91 bits per heavy atom. The van der Waals surface area contributed by atoms with Gasteiger partial charge in [0.2, 0.25) is 5.91 Å². The largest absolute Gasteiger partial charge is 0.493 e. The minimum Gasteiger partial charge on any atom is -0.493 e. The lowest BCUT2D eigenvalue weighted by molar-refractivity contribution is -0.124. The smallest absolute Gasteiger partial charge is 0.225 e. The lowest BCUT2D eigenvalue weighted by Gasteiger charge is -2.25. The van der Waals surface area contributed by atoms with Gasteiger partial charge in [0.05, 0.1) is 12.5 Å². The van der Waals surface area contributed by atoms with E-state index in [1.54, 1.807) is 24.4 Å². The number of carbonyl (C=O) groups is 3. The van der Waals surface area contributed by atoms with Crippen molar-refractivity contribution >= 4 is 23.3 Å². The minimum absolute atomic E-state index is 0.0280. The van der Waals surface area contributed by atoms with Crippen LogP contribution in [0.5, 0.6) is 17.2 Å². The van der Waals surface area contributed by atoms with E-state index in [2.05, 4.69) is 10.3 Å². The third-order valence-electron chi connectivity index (χ3n) is 6.19. The molecule has 1 aromatic heterocycles. The first-order chi connectivity index (χ1) is 16.6. The average molecular weight is 456 g/mol. The summed E-state index contributed by atoms with van der Waals surface area (Å²) in [5, 5.41) is 2.77. The summed E-state index contributed by atoms with van der Waals surface area (Å²) in [6.07, 6.45) is 3.49. The predicted octanol–water partition coefficient (Wildman–Crippen LogP) is 4.54. The van der Waals surface area contributed by atoms with Crippen LogP contribution in [0.15, 0.2) is 60.8 Å². The number of nitrogens with zero attached hydrogens (tertiary/aromatic N) is 1. The van der Waals surface area contributed by atoms with Gasteiger partial charge in [-0.05, 0) is 42.7 Å². The molecular weight excluding hydrogens is 432 g/mol. The van der Waals surface area contributed by atoms with Crippen LogP contribution in [-0.4, -0.2) is 29.1 Å². The summed E-state index contributed by atoms with van der Waals surface area (Å²) in [6.45, 7) is 0.309. The van der Waals surface area contributed by atoms with Crippen LogP contribution in [0.2, 0.25) is 0 Å². The number of benzene rings is 2. The first-order valence-electron chi connectivity index (χ1n) is 11.4. The number of carbonyl (C=O) groups excluding carboxylic acids is 3. The zero-order valence-corrected chi connectivity index (χ0v) is 18.6. The number of rotatable bonds is 7. The SMILES string of the molecule is O=C1CCc2c(Oc3ccc4c(c3)CC(C(=O)CCC(=O)c3ccccc3)CO4)ccnc2N1. The Labute approximate surface area is 197 Å². The number of hydrogen-bond donors (Lipinski definition) is 1. The molecule has 172 valence electrons. The fourth-order valence-electron chi connectivity index (χ4n) is 4.33. The van der Waals surface area contributed by atoms with E-state index >= 15 is 0 Å². The molecule has 34 heavy (non-hydrogen) atoms. The third kappa shape index (κ3) is 4.69. The molecule has 0 fully saturated rings.